The largest absolute Gasteiger partial charge is 0.454 e. The smallest absolute Gasteiger partial charge is 0.231 e. The molecule has 1 heterocycles. The number of rotatable bonds is 4. The van der Waals surface area contributed by atoms with Crippen molar-refractivity contribution in [2.24, 2.45) is 0 Å². The maximum atomic E-state index is 8.67. The molecule has 1 aliphatic heterocycles. The summed E-state index contributed by atoms with van der Waals surface area (Å²) >= 11 is 0. The van der Waals surface area contributed by atoms with Gasteiger partial charge in [0.25, 0.3) is 0 Å². The van der Waals surface area contributed by atoms with Crippen LogP contribution in [0.2, 0.25) is 0 Å². The molecule has 2 aromatic carbocycles. The van der Waals surface area contributed by atoms with E-state index in [-0.39, 0.29) is 6.04 Å². The average molecular weight is 280 g/mol. The zero-order valence-electron chi connectivity index (χ0n) is 11.8. The Morgan fingerprint density at radius 1 is 1.14 bits per heavy atom. The van der Waals surface area contributed by atoms with E-state index in [0.717, 1.165) is 28.3 Å². The zero-order chi connectivity index (χ0) is 14.7. The number of anilines is 1. The Hall–Kier alpha value is -2.67. The quantitative estimate of drug-likeness (QED) is 0.928. The summed E-state index contributed by atoms with van der Waals surface area (Å²) in [7, 11) is 0. The average Bonchev–Trinajstić information content (AvgIpc) is 2.97. The van der Waals surface area contributed by atoms with Crippen LogP contribution in [0, 0.1) is 11.3 Å². The van der Waals surface area contributed by atoms with Crippen LogP contribution in [0.4, 0.5) is 5.69 Å². The van der Waals surface area contributed by atoms with Gasteiger partial charge in [0.05, 0.1) is 12.5 Å². The van der Waals surface area contributed by atoms with Crippen LogP contribution >= 0.6 is 0 Å². The van der Waals surface area contributed by atoms with Crippen LogP contribution in [0.25, 0.3) is 0 Å². The van der Waals surface area contributed by atoms with E-state index < -0.39 is 0 Å². The van der Waals surface area contributed by atoms with Gasteiger partial charge in [-0.25, -0.2) is 0 Å². The molecule has 0 aliphatic carbocycles. The number of hydrogen-bond donors (Lipinski definition) is 1. The summed E-state index contributed by atoms with van der Waals surface area (Å²) in [4.78, 5) is 0. The molecule has 1 atom stereocenters. The first-order chi connectivity index (χ1) is 10.3. The van der Waals surface area contributed by atoms with Crippen molar-refractivity contribution in [3.8, 4) is 17.6 Å². The Labute approximate surface area is 123 Å². The summed E-state index contributed by atoms with van der Waals surface area (Å²) in [6, 6.07) is 16.2. The molecule has 0 saturated heterocycles. The number of fused-ring (bicyclic) bond motifs is 1. The van der Waals surface area contributed by atoms with Crippen LogP contribution in [0.1, 0.15) is 24.1 Å². The van der Waals surface area contributed by atoms with Crippen LogP contribution in [-0.4, -0.2) is 6.79 Å². The minimum absolute atomic E-state index is 0.154. The number of nitrogens with zero attached hydrogens (tertiary/aromatic N) is 1. The SMILES string of the molecule is CC(Nc1ccc(CC#N)cc1)c1ccc2c(c1)OCO2. The fourth-order valence-corrected chi connectivity index (χ4v) is 2.33. The molecular weight excluding hydrogens is 264 g/mol. The Bertz CT molecular complexity index is 674. The predicted octanol–water partition coefficient (Wildman–Crippen LogP) is 3.65. The lowest BCUT2D eigenvalue weighted by molar-refractivity contribution is 0.174. The summed E-state index contributed by atoms with van der Waals surface area (Å²) in [6.45, 7) is 2.39. The Morgan fingerprint density at radius 3 is 2.67 bits per heavy atom. The lowest BCUT2D eigenvalue weighted by Gasteiger charge is -2.16. The second kappa shape index (κ2) is 5.76. The molecule has 1 unspecified atom stereocenters. The molecule has 0 aromatic heterocycles. The second-order valence-corrected chi connectivity index (χ2v) is 5.01. The maximum absolute atomic E-state index is 8.67. The number of ether oxygens (including phenoxy) is 2. The predicted molar refractivity (Wildman–Crippen MR) is 80.4 cm³/mol. The first kappa shape index (κ1) is 13.3. The van der Waals surface area contributed by atoms with E-state index in [4.69, 9.17) is 14.7 Å². The van der Waals surface area contributed by atoms with Gasteiger partial charge in [-0.05, 0) is 42.3 Å². The van der Waals surface area contributed by atoms with Gasteiger partial charge in [-0.3, -0.25) is 0 Å². The number of benzene rings is 2. The van der Waals surface area contributed by atoms with Crippen molar-refractivity contribution in [2.75, 3.05) is 12.1 Å². The van der Waals surface area contributed by atoms with E-state index in [1.165, 1.54) is 0 Å². The van der Waals surface area contributed by atoms with Gasteiger partial charge in [0.15, 0.2) is 11.5 Å². The molecule has 0 saturated carbocycles. The number of nitriles is 1. The molecule has 2 aromatic rings. The highest BCUT2D eigenvalue weighted by Gasteiger charge is 2.15. The zero-order valence-corrected chi connectivity index (χ0v) is 11.8. The van der Waals surface area contributed by atoms with Crippen LogP contribution < -0.4 is 14.8 Å². The third-order valence-corrected chi connectivity index (χ3v) is 3.52. The van der Waals surface area contributed by atoms with E-state index in [1.807, 2.05) is 42.5 Å². The molecule has 1 N–H and O–H groups in total. The topological polar surface area (TPSA) is 54.3 Å². The minimum atomic E-state index is 0.154. The molecule has 1 aliphatic rings. The van der Waals surface area contributed by atoms with Gasteiger partial charge >= 0.3 is 0 Å². The van der Waals surface area contributed by atoms with Crippen molar-refractivity contribution in [3.05, 3.63) is 53.6 Å². The molecule has 3 rings (SSSR count). The van der Waals surface area contributed by atoms with Crippen molar-refractivity contribution >= 4 is 5.69 Å². The summed E-state index contributed by atoms with van der Waals surface area (Å²) in [5, 5.41) is 12.1. The van der Waals surface area contributed by atoms with Gasteiger partial charge in [-0.2, -0.15) is 5.26 Å². The second-order valence-electron chi connectivity index (χ2n) is 5.01. The van der Waals surface area contributed by atoms with Gasteiger partial charge in [0.1, 0.15) is 0 Å². The van der Waals surface area contributed by atoms with Gasteiger partial charge in [-0.15, -0.1) is 0 Å². The summed E-state index contributed by atoms with van der Waals surface area (Å²) in [5.41, 5.74) is 3.20. The Morgan fingerprint density at radius 2 is 1.90 bits per heavy atom. The van der Waals surface area contributed by atoms with E-state index in [2.05, 4.69) is 18.3 Å². The first-order valence-corrected chi connectivity index (χ1v) is 6.88. The van der Waals surface area contributed by atoms with Crippen LogP contribution in [-0.2, 0) is 6.42 Å². The van der Waals surface area contributed by atoms with Gasteiger partial charge < -0.3 is 14.8 Å². The Balaban J connectivity index is 1.71. The first-order valence-electron chi connectivity index (χ1n) is 6.88. The van der Waals surface area contributed by atoms with E-state index >= 15 is 0 Å². The number of hydrogen-bond acceptors (Lipinski definition) is 4. The van der Waals surface area contributed by atoms with Crippen LogP contribution in [0.5, 0.6) is 11.5 Å². The monoisotopic (exact) mass is 280 g/mol. The summed E-state index contributed by atoms with van der Waals surface area (Å²) < 4.78 is 10.7. The normalized spacial score (nSPS) is 13.5. The molecule has 4 heteroatoms. The van der Waals surface area contributed by atoms with E-state index in [1.54, 1.807) is 0 Å². The maximum Gasteiger partial charge on any atom is 0.231 e. The third-order valence-electron chi connectivity index (χ3n) is 3.52. The van der Waals surface area contributed by atoms with Crippen molar-refractivity contribution in [1.82, 2.24) is 0 Å². The number of nitrogens with one attached hydrogen (secondary N) is 1. The molecule has 0 radical (unpaired) electrons. The molecule has 0 amide bonds. The lowest BCUT2D eigenvalue weighted by atomic mass is 10.1. The van der Waals surface area contributed by atoms with Gasteiger partial charge in [0.2, 0.25) is 6.79 Å². The molecule has 21 heavy (non-hydrogen) atoms. The van der Waals surface area contributed by atoms with Crippen LogP contribution in [0.15, 0.2) is 42.5 Å². The van der Waals surface area contributed by atoms with Gasteiger partial charge in [-0.1, -0.05) is 18.2 Å². The highest BCUT2D eigenvalue weighted by atomic mass is 16.7. The highest BCUT2D eigenvalue weighted by Crippen LogP contribution is 2.34. The molecule has 0 bridgehead atoms. The van der Waals surface area contributed by atoms with Crippen molar-refractivity contribution in [2.45, 2.75) is 19.4 Å². The van der Waals surface area contributed by atoms with Crippen molar-refractivity contribution in [3.63, 3.8) is 0 Å². The summed E-state index contributed by atoms with van der Waals surface area (Å²) in [5.74, 6) is 1.59. The van der Waals surface area contributed by atoms with E-state index in [0.29, 0.717) is 13.2 Å². The molecule has 4 nitrogen and oxygen atoms in total. The van der Waals surface area contributed by atoms with Crippen LogP contribution in [0.3, 0.4) is 0 Å². The van der Waals surface area contributed by atoms with Gasteiger partial charge in [0, 0.05) is 11.7 Å². The molecular formula is C17H16N2O2. The Kier molecular flexibility index (Phi) is 3.65. The third kappa shape index (κ3) is 2.92. The molecule has 0 fully saturated rings. The molecule has 106 valence electrons. The summed E-state index contributed by atoms with van der Waals surface area (Å²) in [6.07, 6.45) is 0.442. The minimum Gasteiger partial charge on any atom is -0.454 e. The molecule has 0 spiro atoms. The van der Waals surface area contributed by atoms with E-state index in [9.17, 15) is 0 Å². The fourth-order valence-electron chi connectivity index (χ4n) is 2.33. The van der Waals surface area contributed by atoms with Crippen molar-refractivity contribution in [1.29, 1.82) is 5.26 Å². The highest BCUT2D eigenvalue weighted by molar-refractivity contribution is 5.50. The standard InChI is InChI=1S/C17H16N2O2/c1-12(14-4-7-16-17(10-14)21-11-20-16)19-15-5-2-13(3-6-15)8-9-18/h2-7,10,12,19H,8,11H2,1H3. The fraction of sp³-hybridized carbons (Fsp3) is 0.235. The lowest BCUT2D eigenvalue weighted by Crippen LogP contribution is -2.06. The van der Waals surface area contributed by atoms with Crippen molar-refractivity contribution < 1.29 is 9.47 Å².